The maximum absolute atomic E-state index is 13.5. The van der Waals surface area contributed by atoms with Crippen molar-refractivity contribution in [2.24, 2.45) is 11.3 Å². The molecule has 2 aliphatic heterocycles. The van der Waals surface area contributed by atoms with Crippen molar-refractivity contribution in [1.29, 1.82) is 5.26 Å². The van der Waals surface area contributed by atoms with Crippen LogP contribution in [0.3, 0.4) is 0 Å². The minimum absolute atomic E-state index is 0.0269. The molecule has 1 amide bonds. The number of carbonyl (C=O) groups excluding carboxylic acids is 1. The lowest BCUT2D eigenvalue weighted by atomic mass is 9.73. The zero-order valence-electron chi connectivity index (χ0n) is 18.7. The molecule has 174 valence electrons. The fraction of sp³-hybridized carbons (Fsp3) is 0.440. The van der Waals surface area contributed by atoms with Gasteiger partial charge in [-0.2, -0.15) is 18.4 Å². The molecule has 2 saturated heterocycles. The van der Waals surface area contributed by atoms with Gasteiger partial charge in [0, 0.05) is 55.9 Å². The zero-order valence-corrected chi connectivity index (χ0v) is 18.7. The lowest BCUT2D eigenvalue weighted by Crippen LogP contribution is -2.50. The van der Waals surface area contributed by atoms with Crippen LogP contribution in [0.1, 0.15) is 33.5 Å². The fourth-order valence-electron chi connectivity index (χ4n) is 5.21. The van der Waals surface area contributed by atoms with Crippen molar-refractivity contribution in [3.8, 4) is 6.07 Å². The lowest BCUT2D eigenvalue weighted by molar-refractivity contribution is -0.137. The molecule has 0 aliphatic carbocycles. The van der Waals surface area contributed by atoms with E-state index < -0.39 is 11.7 Å². The second-order valence-corrected chi connectivity index (χ2v) is 9.08. The number of piperidine rings is 1. The van der Waals surface area contributed by atoms with E-state index in [0.717, 1.165) is 11.6 Å². The summed E-state index contributed by atoms with van der Waals surface area (Å²) < 4.78 is 46.0. The lowest BCUT2D eigenvalue weighted by Gasteiger charge is -2.43. The number of hydrogen-bond acceptors (Lipinski definition) is 4. The topological polar surface area (TPSA) is 56.6 Å². The molecule has 0 radical (unpaired) electrons. The Morgan fingerprint density at radius 3 is 2.70 bits per heavy atom. The van der Waals surface area contributed by atoms with Crippen molar-refractivity contribution in [3.05, 3.63) is 64.7 Å². The number of nitrogens with zero attached hydrogens (tertiary/aromatic N) is 3. The van der Waals surface area contributed by atoms with E-state index >= 15 is 0 Å². The summed E-state index contributed by atoms with van der Waals surface area (Å²) in [5.74, 6) is 0.0332. The first kappa shape index (κ1) is 23.1. The third-order valence-electron chi connectivity index (χ3n) is 6.91. The van der Waals surface area contributed by atoms with Crippen LogP contribution in [0.15, 0.2) is 42.5 Å². The Morgan fingerprint density at radius 1 is 1.24 bits per heavy atom. The molecular formula is C25H26F3N3O2. The van der Waals surface area contributed by atoms with Crippen molar-refractivity contribution in [3.63, 3.8) is 0 Å². The number of hydrogen-bond donors (Lipinski definition) is 0. The van der Waals surface area contributed by atoms with Crippen molar-refractivity contribution in [2.45, 2.75) is 19.5 Å². The van der Waals surface area contributed by atoms with Gasteiger partial charge in [-0.05, 0) is 43.7 Å². The van der Waals surface area contributed by atoms with E-state index in [2.05, 4.69) is 0 Å². The Labute approximate surface area is 191 Å². The Hall–Kier alpha value is -3.05. The number of rotatable bonds is 4. The van der Waals surface area contributed by atoms with Gasteiger partial charge in [0.05, 0.1) is 23.8 Å². The molecule has 0 unspecified atom stereocenters. The summed E-state index contributed by atoms with van der Waals surface area (Å²) in [5, 5.41) is 9.09. The number of aryl methyl sites for hydroxylation is 1. The number of alkyl halides is 3. The number of halogens is 3. The number of nitriles is 1. The summed E-state index contributed by atoms with van der Waals surface area (Å²) in [6, 6.07) is 13.0. The summed E-state index contributed by atoms with van der Waals surface area (Å²) in [6.45, 7) is 4.57. The number of ether oxygens (including phenoxy) is 1. The first-order chi connectivity index (χ1) is 15.7. The number of amides is 1. The molecule has 0 N–H and O–H groups in total. The molecular weight excluding hydrogens is 431 g/mol. The molecule has 0 aromatic heterocycles. The standard InChI is InChI=1S/C25H26F3N3O2/c1-17-4-3-5-18(10-17)23(32)30-9-8-24(16-33-2)15-31(14-20(24)13-30)21-7-6-19(12-29)22(11-21)25(26,27)28/h3-7,10-11,20H,8-9,13-16H2,1-2H3/t20-,24+/m1/s1. The maximum atomic E-state index is 13.5. The molecule has 2 aliphatic rings. The van der Waals surface area contributed by atoms with Gasteiger partial charge < -0.3 is 14.5 Å². The summed E-state index contributed by atoms with van der Waals surface area (Å²) in [7, 11) is 1.63. The fourth-order valence-corrected chi connectivity index (χ4v) is 5.21. The zero-order chi connectivity index (χ0) is 23.8. The third kappa shape index (κ3) is 4.42. The number of anilines is 1. The molecule has 2 heterocycles. The second kappa shape index (κ2) is 8.71. The number of carbonyl (C=O) groups is 1. The van der Waals surface area contributed by atoms with Crippen LogP contribution in [0, 0.1) is 29.6 Å². The van der Waals surface area contributed by atoms with E-state index in [4.69, 9.17) is 10.00 Å². The van der Waals surface area contributed by atoms with Crippen LogP contribution in [0.5, 0.6) is 0 Å². The van der Waals surface area contributed by atoms with Crippen LogP contribution in [0.25, 0.3) is 0 Å². The van der Waals surface area contributed by atoms with Gasteiger partial charge in [-0.3, -0.25) is 4.79 Å². The molecule has 0 bridgehead atoms. The second-order valence-electron chi connectivity index (χ2n) is 9.08. The Balaban J connectivity index is 1.59. The Bertz CT molecular complexity index is 1100. The number of likely N-dealkylation sites (tertiary alicyclic amines) is 1. The smallest absolute Gasteiger partial charge is 0.384 e. The molecule has 2 aromatic rings. The summed E-state index contributed by atoms with van der Waals surface area (Å²) >= 11 is 0. The molecule has 5 nitrogen and oxygen atoms in total. The summed E-state index contributed by atoms with van der Waals surface area (Å²) in [5.41, 5.74) is 0.539. The van der Waals surface area contributed by atoms with Crippen LogP contribution in [0.2, 0.25) is 0 Å². The average Bonchev–Trinajstić information content (AvgIpc) is 3.16. The molecule has 2 fully saturated rings. The van der Waals surface area contributed by atoms with Crippen LogP contribution in [0.4, 0.5) is 18.9 Å². The predicted octanol–water partition coefficient (Wildman–Crippen LogP) is 4.50. The highest BCUT2D eigenvalue weighted by Crippen LogP contribution is 2.45. The predicted molar refractivity (Wildman–Crippen MR) is 118 cm³/mol. The van der Waals surface area contributed by atoms with Crippen LogP contribution in [-0.2, 0) is 10.9 Å². The van der Waals surface area contributed by atoms with Crippen molar-refractivity contribution in [1.82, 2.24) is 4.90 Å². The quantitative estimate of drug-likeness (QED) is 0.679. The molecule has 2 atom stereocenters. The first-order valence-corrected chi connectivity index (χ1v) is 10.9. The van der Waals surface area contributed by atoms with Gasteiger partial charge in [0.2, 0.25) is 0 Å². The van der Waals surface area contributed by atoms with Crippen molar-refractivity contribution >= 4 is 11.6 Å². The van der Waals surface area contributed by atoms with Crippen LogP contribution < -0.4 is 4.90 Å². The van der Waals surface area contributed by atoms with Crippen LogP contribution in [-0.4, -0.2) is 50.7 Å². The van der Waals surface area contributed by atoms with Gasteiger partial charge in [0.15, 0.2) is 0 Å². The van der Waals surface area contributed by atoms with Crippen LogP contribution >= 0.6 is 0 Å². The average molecular weight is 457 g/mol. The Kier molecular flexibility index (Phi) is 6.10. The molecule has 4 rings (SSSR count). The van der Waals surface area contributed by atoms with Crippen molar-refractivity contribution < 1.29 is 22.7 Å². The summed E-state index contributed by atoms with van der Waals surface area (Å²) in [6.07, 6.45) is -3.89. The minimum Gasteiger partial charge on any atom is -0.384 e. The van der Waals surface area contributed by atoms with Gasteiger partial charge in [0.25, 0.3) is 5.91 Å². The minimum atomic E-state index is -4.60. The summed E-state index contributed by atoms with van der Waals surface area (Å²) in [4.78, 5) is 16.9. The Morgan fingerprint density at radius 2 is 2.03 bits per heavy atom. The molecule has 2 aromatic carbocycles. The van der Waals surface area contributed by atoms with E-state index in [1.165, 1.54) is 6.07 Å². The van der Waals surface area contributed by atoms with Gasteiger partial charge >= 0.3 is 6.18 Å². The highest BCUT2D eigenvalue weighted by Gasteiger charge is 2.50. The highest BCUT2D eigenvalue weighted by molar-refractivity contribution is 5.94. The van der Waals surface area contributed by atoms with Gasteiger partial charge in [-0.25, -0.2) is 0 Å². The van der Waals surface area contributed by atoms with Gasteiger partial charge in [-0.15, -0.1) is 0 Å². The highest BCUT2D eigenvalue weighted by atomic mass is 19.4. The molecule has 0 saturated carbocycles. The first-order valence-electron chi connectivity index (χ1n) is 10.9. The van der Waals surface area contributed by atoms with Gasteiger partial charge in [0.1, 0.15) is 0 Å². The molecule has 8 heteroatoms. The number of benzene rings is 2. The molecule has 0 spiro atoms. The van der Waals surface area contributed by atoms with Gasteiger partial charge in [-0.1, -0.05) is 17.7 Å². The maximum Gasteiger partial charge on any atom is 0.417 e. The molecule has 33 heavy (non-hydrogen) atoms. The number of methoxy groups -OCH3 is 1. The third-order valence-corrected chi connectivity index (χ3v) is 6.91. The van der Waals surface area contributed by atoms with E-state index in [-0.39, 0.29) is 22.8 Å². The SMILES string of the molecule is COC[C@@]12CCN(C(=O)c3cccc(C)c3)C[C@@H]1CN(c1ccc(C#N)c(C(F)(F)F)c1)C2. The van der Waals surface area contributed by atoms with Crippen molar-refractivity contribution in [2.75, 3.05) is 44.8 Å². The van der Waals surface area contributed by atoms with E-state index in [9.17, 15) is 18.0 Å². The number of fused-ring (bicyclic) bond motifs is 1. The van der Waals surface area contributed by atoms with E-state index in [1.807, 2.05) is 41.0 Å². The van der Waals surface area contributed by atoms with E-state index in [0.29, 0.717) is 50.5 Å². The normalized spacial score (nSPS) is 22.7. The van der Waals surface area contributed by atoms with E-state index in [1.54, 1.807) is 19.2 Å². The largest absolute Gasteiger partial charge is 0.417 e. The monoisotopic (exact) mass is 457 g/mol.